The van der Waals surface area contributed by atoms with E-state index in [0.717, 1.165) is 10.9 Å². The Morgan fingerprint density at radius 3 is 2.79 bits per heavy atom. The van der Waals surface area contributed by atoms with Crippen LogP contribution in [0.2, 0.25) is 0 Å². The van der Waals surface area contributed by atoms with E-state index in [0.29, 0.717) is 11.4 Å². The first-order valence-corrected chi connectivity index (χ1v) is 7.77. The van der Waals surface area contributed by atoms with Crippen LogP contribution in [0.15, 0.2) is 30.3 Å². The van der Waals surface area contributed by atoms with Crippen LogP contribution in [0.4, 0.5) is 5.82 Å². The van der Waals surface area contributed by atoms with Crippen molar-refractivity contribution in [3.63, 3.8) is 0 Å². The Morgan fingerprint density at radius 2 is 2.11 bits per heavy atom. The highest BCUT2D eigenvalue weighted by atomic mass is 32.2. The number of nitrogens with zero attached hydrogens (tertiary/aromatic N) is 2. The van der Waals surface area contributed by atoms with E-state index in [1.54, 1.807) is 6.07 Å². The maximum atomic E-state index is 11.1. The van der Waals surface area contributed by atoms with Crippen molar-refractivity contribution < 1.29 is 8.42 Å². The number of nitrogens with one attached hydrogen (secondary N) is 1. The van der Waals surface area contributed by atoms with Crippen LogP contribution >= 0.6 is 0 Å². The number of fused-ring (bicyclic) bond motifs is 1. The molecule has 0 saturated heterocycles. The van der Waals surface area contributed by atoms with Gasteiger partial charge in [0.05, 0.1) is 16.8 Å². The average molecular weight is 275 g/mol. The van der Waals surface area contributed by atoms with E-state index in [1.165, 1.54) is 6.26 Å². The molecule has 0 aliphatic rings. The summed E-state index contributed by atoms with van der Waals surface area (Å²) in [6, 6.07) is 11.3. The standard InChI is InChI=1S/C13H13N3O2S/c1-19(17,18)7-6-15-13-11(9-14)8-10-4-2-3-5-12(10)16-13/h2-5,8H,6-7H2,1H3,(H,15,16). The molecule has 6 heteroatoms. The van der Waals surface area contributed by atoms with Crippen molar-refractivity contribution in [3.05, 3.63) is 35.9 Å². The Bertz CT molecular complexity index is 748. The molecule has 98 valence electrons. The normalized spacial score (nSPS) is 11.2. The summed E-state index contributed by atoms with van der Waals surface area (Å²) in [6.45, 7) is 0.235. The zero-order valence-corrected chi connectivity index (χ0v) is 11.2. The van der Waals surface area contributed by atoms with Crippen molar-refractivity contribution >= 4 is 26.6 Å². The third-order valence-corrected chi connectivity index (χ3v) is 3.56. The maximum absolute atomic E-state index is 11.1. The second kappa shape index (κ2) is 5.24. The van der Waals surface area contributed by atoms with Gasteiger partial charge in [0.2, 0.25) is 0 Å². The Labute approximate surface area is 111 Å². The van der Waals surface area contributed by atoms with E-state index >= 15 is 0 Å². The van der Waals surface area contributed by atoms with Gasteiger partial charge in [0, 0.05) is 18.2 Å². The molecule has 0 amide bonds. The van der Waals surface area contributed by atoms with Gasteiger partial charge in [0.1, 0.15) is 21.7 Å². The Kier molecular flexibility index (Phi) is 3.67. The summed E-state index contributed by atoms with van der Waals surface area (Å²) >= 11 is 0. The van der Waals surface area contributed by atoms with Gasteiger partial charge in [0.15, 0.2) is 0 Å². The van der Waals surface area contributed by atoms with Gasteiger partial charge in [-0.05, 0) is 12.1 Å². The number of anilines is 1. The Hall–Kier alpha value is -2.13. The molecule has 0 unspecified atom stereocenters. The van der Waals surface area contributed by atoms with E-state index in [-0.39, 0.29) is 12.3 Å². The van der Waals surface area contributed by atoms with Crippen LogP contribution in [-0.2, 0) is 9.84 Å². The number of pyridine rings is 1. The molecule has 0 atom stereocenters. The van der Waals surface area contributed by atoms with Crippen LogP contribution in [0.25, 0.3) is 10.9 Å². The highest BCUT2D eigenvalue weighted by Crippen LogP contribution is 2.19. The molecule has 0 fully saturated rings. The molecule has 0 aliphatic carbocycles. The monoisotopic (exact) mass is 275 g/mol. The molecule has 0 aliphatic heterocycles. The van der Waals surface area contributed by atoms with E-state index in [9.17, 15) is 8.42 Å². The van der Waals surface area contributed by atoms with Gasteiger partial charge in [-0.15, -0.1) is 0 Å². The number of hydrogen-bond donors (Lipinski definition) is 1. The topological polar surface area (TPSA) is 82.8 Å². The third-order valence-electron chi connectivity index (χ3n) is 2.61. The van der Waals surface area contributed by atoms with Crippen LogP contribution in [0.5, 0.6) is 0 Å². The quantitative estimate of drug-likeness (QED) is 0.915. The smallest absolute Gasteiger partial charge is 0.149 e. The predicted molar refractivity (Wildman–Crippen MR) is 74.7 cm³/mol. The van der Waals surface area contributed by atoms with Gasteiger partial charge in [-0.1, -0.05) is 18.2 Å². The number of nitriles is 1. The summed E-state index contributed by atoms with van der Waals surface area (Å²) < 4.78 is 22.1. The van der Waals surface area contributed by atoms with Crippen LogP contribution in [0.1, 0.15) is 5.56 Å². The first kappa shape index (κ1) is 13.3. The molecule has 1 aromatic carbocycles. The summed E-state index contributed by atoms with van der Waals surface area (Å²) in [6.07, 6.45) is 1.17. The van der Waals surface area contributed by atoms with E-state index in [1.807, 2.05) is 24.3 Å². The molecule has 0 spiro atoms. The molecule has 1 N–H and O–H groups in total. The van der Waals surface area contributed by atoms with E-state index < -0.39 is 9.84 Å². The number of rotatable bonds is 4. The lowest BCUT2D eigenvalue weighted by Gasteiger charge is -2.08. The van der Waals surface area contributed by atoms with Crippen molar-refractivity contribution in [2.24, 2.45) is 0 Å². The van der Waals surface area contributed by atoms with Gasteiger partial charge in [-0.3, -0.25) is 0 Å². The van der Waals surface area contributed by atoms with Crippen LogP contribution < -0.4 is 5.32 Å². The van der Waals surface area contributed by atoms with Gasteiger partial charge < -0.3 is 5.32 Å². The van der Waals surface area contributed by atoms with Crippen LogP contribution in [0.3, 0.4) is 0 Å². The minimum atomic E-state index is -3.03. The maximum Gasteiger partial charge on any atom is 0.149 e. The van der Waals surface area contributed by atoms with Crippen LogP contribution in [0, 0.1) is 11.3 Å². The third kappa shape index (κ3) is 3.42. The molecule has 5 nitrogen and oxygen atoms in total. The van der Waals surface area contributed by atoms with Crippen molar-refractivity contribution in [2.45, 2.75) is 0 Å². The van der Waals surface area contributed by atoms with Crippen molar-refractivity contribution in [2.75, 3.05) is 23.9 Å². The van der Waals surface area contributed by atoms with Crippen molar-refractivity contribution in [3.8, 4) is 6.07 Å². The number of para-hydroxylation sites is 1. The number of benzene rings is 1. The van der Waals surface area contributed by atoms with E-state index in [4.69, 9.17) is 5.26 Å². The molecule has 0 saturated carbocycles. The zero-order valence-electron chi connectivity index (χ0n) is 10.4. The molecule has 1 heterocycles. The first-order chi connectivity index (χ1) is 8.99. The Morgan fingerprint density at radius 1 is 1.37 bits per heavy atom. The fourth-order valence-corrected chi connectivity index (χ4v) is 2.16. The molecular formula is C13H13N3O2S. The fourth-order valence-electron chi connectivity index (χ4n) is 1.69. The summed E-state index contributed by atoms with van der Waals surface area (Å²) in [5.41, 5.74) is 1.18. The first-order valence-electron chi connectivity index (χ1n) is 5.71. The molecular weight excluding hydrogens is 262 g/mol. The molecule has 0 bridgehead atoms. The zero-order chi connectivity index (χ0) is 13.9. The minimum Gasteiger partial charge on any atom is -0.368 e. The van der Waals surface area contributed by atoms with Gasteiger partial charge in [-0.2, -0.15) is 5.26 Å². The molecule has 1 aromatic heterocycles. The lowest BCUT2D eigenvalue weighted by molar-refractivity contribution is 0.602. The van der Waals surface area contributed by atoms with E-state index in [2.05, 4.69) is 16.4 Å². The molecule has 0 radical (unpaired) electrons. The van der Waals surface area contributed by atoms with Gasteiger partial charge >= 0.3 is 0 Å². The molecule has 2 aromatic rings. The Balaban J connectivity index is 2.29. The number of aromatic nitrogens is 1. The largest absolute Gasteiger partial charge is 0.368 e. The summed E-state index contributed by atoms with van der Waals surface area (Å²) in [4.78, 5) is 4.34. The second-order valence-corrected chi connectivity index (χ2v) is 6.51. The summed E-state index contributed by atoms with van der Waals surface area (Å²) in [5.74, 6) is 0.427. The SMILES string of the molecule is CS(=O)(=O)CCNc1nc2ccccc2cc1C#N. The highest BCUT2D eigenvalue weighted by molar-refractivity contribution is 7.90. The van der Waals surface area contributed by atoms with Gasteiger partial charge in [0.25, 0.3) is 0 Å². The van der Waals surface area contributed by atoms with Crippen molar-refractivity contribution in [1.82, 2.24) is 4.98 Å². The lowest BCUT2D eigenvalue weighted by atomic mass is 10.1. The number of hydrogen-bond acceptors (Lipinski definition) is 5. The average Bonchev–Trinajstić information content (AvgIpc) is 2.36. The molecule has 19 heavy (non-hydrogen) atoms. The van der Waals surface area contributed by atoms with Crippen LogP contribution in [-0.4, -0.2) is 32.0 Å². The number of sulfone groups is 1. The highest BCUT2D eigenvalue weighted by Gasteiger charge is 2.07. The second-order valence-electron chi connectivity index (χ2n) is 4.25. The minimum absolute atomic E-state index is 0.00632. The van der Waals surface area contributed by atoms with Gasteiger partial charge in [-0.25, -0.2) is 13.4 Å². The summed E-state index contributed by atoms with van der Waals surface area (Å²) in [7, 11) is -3.03. The summed E-state index contributed by atoms with van der Waals surface area (Å²) in [5, 5.41) is 12.9. The molecule has 2 rings (SSSR count). The fraction of sp³-hybridized carbons (Fsp3) is 0.231. The van der Waals surface area contributed by atoms with Crippen molar-refractivity contribution in [1.29, 1.82) is 5.26 Å². The predicted octanol–water partition coefficient (Wildman–Crippen LogP) is 1.56. The lowest BCUT2D eigenvalue weighted by Crippen LogP contribution is -2.15.